The second-order valence-corrected chi connectivity index (χ2v) is 9.79. The van der Waals surface area contributed by atoms with Crippen LogP contribution in [0.1, 0.15) is 74.7 Å². The summed E-state index contributed by atoms with van der Waals surface area (Å²) in [5.74, 6) is -2.34. The Morgan fingerprint density at radius 2 is 1.61 bits per heavy atom. The lowest BCUT2D eigenvalue weighted by atomic mass is 9.64. The Hall–Kier alpha value is -2.40. The molecule has 5 nitrogen and oxygen atoms in total. The maximum Gasteiger partial charge on any atom is 0.184 e. The highest BCUT2D eigenvalue weighted by molar-refractivity contribution is 6.24. The highest BCUT2D eigenvalue weighted by Gasteiger charge is 2.51. The fraction of sp³-hybridized carbons (Fsp3) is 0.538. The average Bonchev–Trinajstić information content (AvgIpc) is 2.62. The molecule has 1 aliphatic carbocycles. The van der Waals surface area contributed by atoms with E-state index in [0.29, 0.717) is 5.57 Å². The van der Waals surface area contributed by atoms with E-state index in [2.05, 4.69) is 6.58 Å². The van der Waals surface area contributed by atoms with Crippen LogP contribution in [0.15, 0.2) is 58.1 Å². The molecule has 0 aromatic carbocycles. The minimum Gasteiger partial charge on any atom is -0.511 e. The van der Waals surface area contributed by atoms with Gasteiger partial charge in [-0.15, -0.1) is 0 Å². The van der Waals surface area contributed by atoms with Crippen LogP contribution in [0.3, 0.4) is 0 Å². The molecule has 0 heterocycles. The summed E-state index contributed by atoms with van der Waals surface area (Å²) in [7, 11) is 0. The van der Waals surface area contributed by atoms with Gasteiger partial charge in [-0.3, -0.25) is 9.59 Å². The average molecular weight is 431 g/mol. The summed E-state index contributed by atoms with van der Waals surface area (Å²) in [5, 5.41) is 32.8. The van der Waals surface area contributed by atoms with Gasteiger partial charge in [0, 0.05) is 11.5 Å². The standard InChI is InChI=1S/C26H38O5/c1-15(2)10-11-19-22(28)20(21(27)17(5)6)24(30)26(23(19)29,13-12-16(3)4)14-18(7)25(8,9)31/h10,12,17,28-29,31H,7,11,13-14H2,1-6,8-9H3. The SMILES string of the molecule is C=C(CC1(CC=C(C)C)C(=O)C(C(=O)C(C)C)=C(O)C(CC=C(C)C)=C1O)C(C)(C)O. The Kier molecular flexibility index (Phi) is 8.44. The van der Waals surface area contributed by atoms with Gasteiger partial charge in [-0.25, -0.2) is 0 Å². The molecule has 0 fully saturated rings. The molecule has 0 amide bonds. The molecule has 1 atom stereocenters. The van der Waals surface area contributed by atoms with Crippen LogP contribution in [0.5, 0.6) is 0 Å². The van der Waals surface area contributed by atoms with Crippen molar-refractivity contribution < 1.29 is 24.9 Å². The first kappa shape index (κ1) is 26.6. The van der Waals surface area contributed by atoms with Crippen molar-refractivity contribution in [3.8, 4) is 0 Å². The van der Waals surface area contributed by atoms with Gasteiger partial charge in [0.25, 0.3) is 0 Å². The zero-order valence-corrected chi connectivity index (χ0v) is 20.2. The van der Waals surface area contributed by atoms with Crippen LogP contribution in [-0.4, -0.2) is 32.5 Å². The van der Waals surface area contributed by atoms with Gasteiger partial charge in [0.05, 0.1) is 11.0 Å². The summed E-state index contributed by atoms with van der Waals surface area (Å²) >= 11 is 0. The molecule has 0 radical (unpaired) electrons. The quantitative estimate of drug-likeness (QED) is 0.316. The van der Waals surface area contributed by atoms with E-state index < -0.39 is 34.3 Å². The second-order valence-electron chi connectivity index (χ2n) is 9.79. The number of hydrogen-bond acceptors (Lipinski definition) is 5. The van der Waals surface area contributed by atoms with Crippen LogP contribution in [0, 0.1) is 11.3 Å². The van der Waals surface area contributed by atoms with Crippen molar-refractivity contribution >= 4 is 11.6 Å². The van der Waals surface area contributed by atoms with Crippen molar-refractivity contribution in [2.75, 3.05) is 0 Å². The van der Waals surface area contributed by atoms with E-state index in [1.165, 1.54) is 0 Å². The molecular formula is C26H38O5. The third-order valence-corrected chi connectivity index (χ3v) is 5.65. The Labute approximate surface area is 186 Å². The largest absolute Gasteiger partial charge is 0.511 e. The van der Waals surface area contributed by atoms with Gasteiger partial charge in [-0.1, -0.05) is 43.7 Å². The van der Waals surface area contributed by atoms with Crippen LogP contribution >= 0.6 is 0 Å². The fourth-order valence-corrected chi connectivity index (χ4v) is 3.41. The van der Waals surface area contributed by atoms with Crippen LogP contribution in [0.25, 0.3) is 0 Å². The molecular weight excluding hydrogens is 392 g/mol. The summed E-state index contributed by atoms with van der Waals surface area (Å²) in [5.41, 5.74) is -0.664. The molecule has 5 heteroatoms. The molecule has 31 heavy (non-hydrogen) atoms. The minimum atomic E-state index is -1.52. The molecule has 0 aromatic heterocycles. The highest BCUT2D eigenvalue weighted by Crippen LogP contribution is 2.48. The van der Waals surface area contributed by atoms with Crippen molar-refractivity contribution in [1.29, 1.82) is 0 Å². The Bertz CT molecular complexity index is 879. The van der Waals surface area contributed by atoms with Crippen LogP contribution in [0.2, 0.25) is 0 Å². The molecule has 1 rings (SSSR count). The predicted molar refractivity (Wildman–Crippen MR) is 125 cm³/mol. The van der Waals surface area contributed by atoms with E-state index in [9.17, 15) is 24.9 Å². The Balaban J connectivity index is 3.92. The lowest BCUT2D eigenvalue weighted by Crippen LogP contribution is -2.43. The van der Waals surface area contributed by atoms with Crippen molar-refractivity contribution in [3.63, 3.8) is 0 Å². The predicted octanol–water partition coefficient (Wildman–Crippen LogP) is 5.83. The van der Waals surface area contributed by atoms with Crippen LogP contribution in [0.4, 0.5) is 0 Å². The number of rotatable bonds is 9. The monoisotopic (exact) mass is 430 g/mol. The molecule has 0 saturated heterocycles. The highest BCUT2D eigenvalue weighted by atomic mass is 16.3. The van der Waals surface area contributed by atoms with Crippen molar-refractivity contribution in [1.82, 2.24) is 0 Å². The van der Waals surface area contributed by atoms with E-state index in [-0.39, 0.29) is 36.2 Å². The van der Waals surface area contributed by atoms with Gasteiger partial charge in [0.15, 0.2) is 11.6 Å². The fourth-order valence-electron chi connectivity index (χ4n) is 3.41. The van der Waals surface area contributed by atoms with E-state index in [1.807, 2.05) is 39.8 Å². The first-order chi connectivity index (χ1) is 14.1. The van der Waals surface area contributed by atoms with Gasteiger partial charge in [0.2, 0.25) is 0 Å². The number of ketones is 2. The molecule has 172 valence electrons. The molecule has 1 aliphatic rings. The van der Waals surface area contributed by atoms with Gasteiger partial charge in [-0.2, -0.15) is 0 Å². The summed E-state index contributed by atoms with van der Waals surface area (Å²) in [6.45, 7) is 17.9. The van der Waals surface area contributed by atoms with Gasteiger partial charge >= 0.3 is 0 Å². The zero-order valence-electron chi connectivity index (χ0n) is 20.2. The number of carbonyl (C=O) groups excluding carboxylic acids is 2. The third kappa shape index (κ3) is 5.85. The van der Waals surface area contributed by atoms with Crippen molar-refractivity contribution in [2.24, 2.45) is 11.3 Å². The number of hydrogen-bond donors (Lipinski definition) is 3. The maximum absolute atomic E-state index is 13.8. The molecule has 0 saturated carbocycles. The Morgan fingerprint density at radius 3 is 2.03 bits per heavy atom. The lowest BCUT2D eigenvalue weighted by Gasteiger charge is -2.39. The van der Waals surface area contributed by atoms with E-state index >= 15 is 0 Å². The number of aliphatic hydroxyl groups is 3. The van der Waals surface area contributed by atoms with E-state index in [1.54, 1.807) is 27.7 Å². The first-order valence-corrected chi connectivity index (χ1v) is 10.7. The van der Waals surface area contributed by atoms with Gasteiger partial charge in [-0.05, 0) is 66.4 Å². The molecule has 0 aromatic rings. The summed E-state index contributed by atoms with van der Waals surface area (Å²) in [4.78, 5) is 26.7. The number of allylic oxidation sites excluding steroid dienone is 7. The van der Waals surface area contributed by atoms with Crippen molar-refractivity contribution in [3.05, 3.63) is 58.1 Å². The molecule has 1 unspecified atom stereocenters. The molecule has 0 spiro atoms. The van der Waals surface area contributed by atoms with E-state index in [0.717, 1.165) is 11.1 Å². The number of aliphatic hydroxyl groups excluding tert-OH is 2. The van der Waals surface area contributed by atoms with Gasteiger partial charge in [0.1, 0.15) is 17.1 Å². The van der Waals surface area contributed by atoms with Gasteiger partial charge < -0.3 is 15.3 Å². The number of carbonyl (C=O) groups is 2. The second kappa shape index (κ2) is 9.82. The van der Waals surface area contributed by atoms with E-state index in [4.69, 9.17) is 0 Å². The Morgan fingerprint density at radius 1 is 1.10 bits per heavy atom. The normalized spacial score (nSPS) is 19.6. The first-order valence-electron chi connectivity index (χ1n) is 10.7. The minimum absolute atomic E-state index is 0.0502. The molecule has 0 aliphatic heterocycles. The van der Waals surface area contributed by atoms with Crippen LogP contribution < -0.4 is 0 Å². The van der Waals surface area contributed by atoms with Crippen LogP contribution in [-0.2, 0) is 9.59 Å². The van der Waals surface area contributed by atoms with Crippen molar-refractivity contribution in [2.45, 2.75) is 80.3 Å². The lowest BCUT2D eigenvalue weighted by molar-refractivity contribution is -0.129. The molecule has 3 N–H and O–H groups in total. The number of Topliss-reactive ketones (excluding diaryl/α,β-unsaturated/α-hetero) is 2. The maximum atomic E-state index is 13.8. The topological polar surface area (TPSA) is 94.8 Å². The zero-order chi connectivity index (χ0) is 24.3. The smallest absolute Gasteiger partial charge is 0.184 e. The summed E-state index contributed by atoms with van der Waals surface area (Å²) in [6, 6.07) is 0. The third-order valence-electron chi connectivity index (χ3n) is 5.65. The summed E-state index contributed by atoms with van der Waals surface area (Å²) in [6.07, 6.45) is 3.89. The summed E-state index contributed by atoms with van der Waals surface area (Å²) < 4.78 is 0. The molecule has 0 bridgehead atoms.